The normalized spacial score (nSPS) is 19.2. The largest absolute Gasteiger partial charge is 0.356 e. The number of hydrogen-bond donors (Lipinski definition) is 2. The van der Waals surface area contributed by atoms with Crippen LogP contribution in [-0.2, 0) is 0 Å². The summed E-state index contributed by atoms with van der Waals surface area (Å²) in [7, 11) is 1.86. The van der Waals surface area contributed by atoms with Crippen molar-refractivity contribution in [1.82, 2.24) is 10.6 Å². The lowest BCUT2D eigenvalue weighted by Gasteiger charge is -2.25. The van der Waals surface area contributed by atoms with E-state index in [2.05, 4.69) is 36.4 Å². The second-order valence-corrected chi connectivity index (χ2v) is 6.29. The fraction of sp³-hybridized carbons (Fsp3) is 0.929. The number of rotatable bonds is 3. The Morgan fingerprint density at radius 3 is 2.35 bits per heavy atom. The summed E-state index contributed by atoms with van der Waals surface area (Å²) < 4.78 is 0. The number of nitrogens with one attached hydrogen (secondary N) is 2. The first-order valence-corrected chi connectivity index (χ1v) is 6.98. The van der Waals surface area contributed by atoms with Crippen LogP contribution >= 0.6 is 0 Å². The highest BCUT2D eigenvalue weighted by Crippen LogP contribution is 2.18. The third-order valence-electron chi connectivity index (χ3n) is 3.34. The van der Waals surface area contributed by atoms with Gasteiger partial charge in [-0.05, 0) is 24.7 Å². The van der Waals surface area contributed by atoms with Gasteiger partial charge in [0, 0.05) is 19.6 Å². The zero-order chi connectivity index (χ0) is 12.7. The first-order valence-electron chi connectivity index (χ1n) is 6.98. The maximum Gasteiger partial charge on any atom is 0.191 e. The second kappa shape index (κ2) is 6.87. The third-order valence-corrected chi connectivity index (χ3v) is 3.34. The fourth-order valence-electron chi connectivity index (χ4n) is 2.19. The van der Waals surface area contributed by atoms with Crippen LogP contribution in [0.3, 0.4) is 0 Å². The molecular formula is C14H29N3. The molecule has 17 heavy (non-hydrogen) atoms. The highest BCUT2D eigenvalue weighted by atomic mass is 15.2. The van der Waals surface area contributed by atoms with E-state index in [0.29, 0.717) is 11.5 Å². The van der Waals surface area contributed by atoms with Gasteiger partial charge in [-0.3, -0.25) is 4.99 Å². The first kappa shape index (κ1) is 14.3. The molecule has 0 spiro atoms. The lowest BCUT2D eigenvalue weighted by molar-refractivity contribution is 0.374. The Kier molecular flexibility index (Phi) is 5.79. The molecule has 0 atom stereocenters. The predicted octanol–water partition coefficient (Wildman–Crippen LogP) is 2.92. The maximum absolute atomic E-state index is 4.30. The smallest absolute Gasteiger partial charge is 0.191 e. The SMILES string of the molecule is CN=C(NCCC(C)(C)C)NC1CCCCC1. The maximum atomic E-state index is 4.30. The van der Waals surface area contributed by atoms with E-state index < -0.39 is 0 Å². The van der Waals surface area contributed by atoms with Gasteiger partial charge in [-0.15, -0.1) is 0 Å². The zero-order valence-corrected chi connectivity index (χ0v) is 12.0. The molecule has 0 aromatic rings. The quantitative estimate of drug-likeness (QED) is 0.587. The molecule has 1 fully saturated rings. The highest BCUT2D eigenvalue weighted by Gasteiger charge is 2.15. The molecule has 1 aliphatic carbocycles. The number of guanidine groups is 1. The van der Waals surface area contributed by atoms with Crippen LogP contribution in [0.4, 0.5) is 0 Å². The summed E-state index contributed by atoms with van der Waals surface area (Å²) in [5, 5.41) is 6.94. The molecule has 0 saturated heterocycles. The molecule has 0 bridgehead atoms. The summed E-state index contributed by atoms with van der Waals surface area (Å²) >= 11 is 0. The van der Waals surface area contributed by atoms with Crippen LogP contribution in [0.5, 0.6) is 0 Å². The minimum Gasteiger partial charge on any atom is -0.356 e. The molecule has 0 heterocycles. The second-order valence-electron chi connectivity index (χ2n) is 6.29. The Bertz CT molecular complexity index is 234. The van der Waals surface area contributed by atoms with Crippen LogP contribution in [-0.4, -0.2) is 25.6 Å². The van der Waals surface area contributed by atoms with Crippen LogP contribution in [0.25, 0.3) is 0 Å². The van der Waals surface area contributed by atoms with E-state index in [1.54, 1.807) is 0 Å². The van der Waals surface area contributed by atoms with Crippen molar-refractivity contribution in [3.8, 4) is 0 Å². The monoisotopic (exact) mass is 239 g/mol. The average Bonchev–Trinajstić information content (AvgIpc) is 2.27. The molecule has 2 N–H and O–H groups in total. The Morgan fingerprint density at radius 1 is 1.18 bits per heavy atom. The molecule has 1 aliphatic rings. The Balaban J connectivity index is 2.24. The van der Waals surface area contributed by atoms with Crippen LogP contribution in [0.1, 0.15) is 59.3 Å². The third kappa shape index (κ3) is 6.54. The molecule has 3 nitrogen and oxygen atoms in total. The van der Waals surface area contributed by atoms with Crippen molar-refractivity contribution >= 4 is 5.96 Å². The van der Waals surface area contributed by atoms with Crippen LogP contribution < -0.4 is 10.6 Å². The molecule has 0 aromatic carbocycles. The van der Waals surface area contributed by atoms with Crippen LogP contribution in [0, 0.1) is 5.41 Å². The number of nitrogens with zero attached hydrogens (tertiary/aromatic N) is 1. The van der Waals surface area contributed by atoms with E-state index in [1.807, 2.05) is 7.05 Å². The lowest BCUT2D eigenvalue weighted by Crippen LogP contribution is -2.44. The summed E-state index contributed by atoms with van der Waals surface area (Å²) in [5.74, 6) is 0.973. The van der Waals surface area contributed by atoms with Gasteiger partial charge in [0.2, 0.25) is 0 Å². The Hall–Kier alpha value is -0.730. The molecule has 0 radical (unpaired) electrons. The van der Waals surface area contributed by atoms with Gasteiger partial charge in [-0.2, -0.15) is 0 Å². The van der Waals surface area contributed by atoms with Crippen molar-refractivity contribution in [3.63, 3.8) is 0 Å². The number of aliphatic imine (C=N–C) groups is 1. The standard InChI is InChI=1S/C14H29N3/c1-14(2,3)10-11-16-13(15-4)17-12-8-6-5-7-9-12/h12H,5-11H2,1-4H3,(H2,15,16,17). The van der Waals surface area contributed by atoms with Gasteiger partial charge in [0.1, 0.15) is 0 Å². The molecule has 0 unspecified atom stereocenters. The van der Waals surface area contributed by atoms with Crippen molar-refractivity contribution in [2.75, 3.05) is 13.6 Å². The summed E-state index contributed by atoms with van der Waals surface area (Å²) in [4.78, 5) is 4.30. The molecule has 100 valence electrons. The van der Waals surface area contributed by atoms with Crippen LogP contribution in [0.15, 0.2) is 4.99 Å². The molecule has 0 aliphatic heterocycles. The van der Waals surface area contributed by atoms with Crippen molar-refractivity contribution in [2.24, 2.45) is 10.4 Å². The fourth-order valence-corrected chi connectivity index (χ4v) is 2.19. The first-order chi connectivity index (χ1) is 8.01. The summed E-state index contributed by atoms with van der Waals surface area (Å²) in [5.41, 5.74) is 0.386. The summed E-state index contributed by atoms with van der Waals surface area (Å²) in [6.07, 6.45) is 7.86. The van der Waals surface area contributed by atoms with Crippen molar-refractivity contribution in [1.29, 1.82) is 0 Å². The summed E-state index contributed by atoms with van der Waals surface area (Å²) in [6.45, 7) is 7.81. The number of hydrogen-bond acceptors (Lipinski definition) is 1. The topological polar surface area (TPSA) is 36.4 Å². The van der Waals surface area contributed by atoms with Crippen molar-refractivity contribution in [3.05, 3.63) is 0 Å². The average molecular weight is 239 g/mol. The van der Waals surface area contributed by atoms with Gasteiger partial charge < -0.3 is 10.6 Å². The van der Waals surface area contributed by atoms with E-state index in [-0.39, 0.29) is 0 Å². The van der Waals surface area contributed by atoms with Crippen molar-refractivity contribution < 1.29 is 0 Å². The van der Waals surface area contributed by atoms with E-state index in [0.717, 1.165) is 12.5 Å². The lowest BCUT2D eigenvalue weighted by atomic mass is 9.92. The molecule has 3 heteroatoms. The minimum atomic E-state index is 0.386. The van der Waals surface area contributed by atoms with Gasteiger partial charge in [0.25, 0.3) is 0 Å². The van der Waals surface area contributed by atoms with E-state index in [4.69, 9.17) is 0 Å². The van der Waals surface area contributed by atoms with E-state index in [9.17, 15) is 0 Å². The zero-order valence-electron chi connectivity index (χ0n) is 12.0. The van der Waals surface area contributed by atoms with Gasteiger partial charge in [0.05, 0.1) is 0 Å². The minimum absolute atomic E-state index is 0.386. The summed E-state index contributed by atoms with van der Waals surface area (Å²) in [6, 6.07) is 0.629. The van der Waals surface area contributed by atoms with Gasteiger partial charge in [-0.1, -0.05) is 40.0 Å². The van der Waals surface area contributed by atoms with E-state index >= 15 is 0 Å². The van der Waals surface area contributed by atoms with Gasteiger partial charge >= 0.3 is 0 Å². The van der Waals surface area contributed by atoms with Gasteiger partial charge in [-0.25, -0.2) is 0 Å². The molecule has 0 aromatic heterocycles. The molecule has 1 saturated carbocycles. The highest BCUT2D eigenvalue weighted by molar-refractivity contribution is 5.79. The molecule has 0 amide bonds. The molecular weight excluding hydrogens is 210 g/mol. The Labute approximate surface area is 106 Å². The van der Waals surface area contributed by atoms with Crippen LogP contribution in [0.2, 0.25) is 0 Å². The van der Waals surface area contributed by atoms with Gasteiger partial charge in [0.15, 0.2) is 5.96 Å². The predicted molar refractivity (Wildman–Crippen MR) is 75.4 cm³/mol. The van der Waals surface area contributed by atoms with E-state index in [1.165, 1.54) is 38.5 Å². The van der Waals surface area contributed by atoms with Crippen molar-refractivity contribution in [2.45, 2.75) is 65.3 Å². The molecule has 1 rings (SSSR count). The Morgan fingerprint density at radius 2 is 1.82 bits per heavy atom.